The van der Waals surface area contributed by atoms with Gasteiger partial charge in [-0.3, -0.25) is 0 Å². The van der Waals surface area contributed by atoms with Crippen LogP contribution in [0.2, 0.25) is 0 Å². The van der Waals surface area contributed by atoms with E-state index < -0.39 is 84.1 Å². The molecule has 10 aromatic carbocycles. The molecular weight excluding hydrogens is 641 g/mol. The minimum Gasteiger partial charge on any atom is -0.455 e. The molecule has 11 aromatic rings. The number of rotatable bonds is 4. The van der Waals surface area contributed by atoms with Gasteiger partial charge in [0.15, 0.2) is 0 Å². The molecule has 0 bridgehead atoms. The SMILES string of the molecule is [2H]c1c([2H])c([2H])c(-c2c3c([2H])c([2H])c([2H])c([2H])c3c(-c3ccc4cc(-c5ccc6oc7c(-c8cccc9ccccc89)cccc7c6c5)ccc4c3)c3c([2H])c([2H])c([2H])c([2H])c23)c([2H])c1[2H]. The Balaban J connectivity index is 1.12. The van der Waals surface area contributed by atoms with Crippen molar-refractivity contribution in [2.24, 2.45) is 0 Å². The largest absolute Gasteiger partial charge is 0.455 e. The Morgan fingerprint density at radius 3 is 1.64 bits per heavy atom. The maximum atomic E-state index is 9.28. The second kappa shape index (κ2) is 11.8. The maximum Gasteiger partial charge on any atom is 0.143 e. The van der Waals surface area contributed by atoms with Crippen molar-refractivity contribution in [1.82, 2.24) is 0 Å². The fourth-order valence-electron chi connectivity index (χ4n) is 7.77. The number of hydrogen-bond donors (Lipinski definition) is 0. The highest BCUT2D eigenvalue weighted by Crippen LogP contribution is 2.45. The fraction of sp³-hybridized carbons (Fsp3) is 0. The lowest BCUT2D eigenvalue weighted by molar-refractivity contribution is 0.670. The van der Waals surface area contributed by atoms with Crippen molar-refractivity contribution in [3.05, 3.63) is 194 Å². The second-order valence-electron chi connectivity index (χ2n) is 13.0. The molecule has 0 N–H and O–H groups in total. The summed E-state index contributed by atoms with van der Waals surface area (Å²) in [6, 6.07) is 29.8. The van der Waals surface area contributed by atoms with E-state index in [0.29, 0.717) is 5.56 Å². The van der Waals surface area contributed by atoms with Crippen LogP contribution in [0.1, 0.15) is 17.8 Å². The summed E-state index contributed by atoms with van der Waals surface area (Å²) < 4.78 is 121. The van der Waals surface area contributed by atoms with Gasteiger partial charge in [-0.1, -0.05) is 170 Å². The number of furan rings is 1. The van der Waals surface area contributed by atoms with E-state index in [1.54, 1.807) is 12.1 Å². The summed E-state index contributed by atoms with van der Waals surface area (Å²) in [6.45, 7) is 0. The summed E-state index contributed by atoms with van der Waals surface area (Å²) in [5, 5.41) is 5.03. The first-order valence-electron chi connectivity index (χ1n) is 23.7. The lowest BCUT2D eigenvalue weighted by atomic mass is 9.85. The van der Waals surface area contributed by atoms with Gasteiger partial charge >= 0.3 is 0 Å². The Morgan fingerprint density at radius 2 is 0.887 bits per heavy atom. The molecule has 0 spiro atoms. The summed E-state index contributed by atoms with van der Waals surface area (Å²) in [6.07, 6.45) is 0. The van der Waals surface area contributed by atoms with Crippen molar-refractivity contribution < 1.29 is 22.2 Å². The average molecular weight is 686 g/mol. The van der Waals surface area contributed by atoms with Gasteiger partial charge in [-0.15, -0.1) is 0 Å². The molecule has 0 aliphatic heterocycles. The Bertz CT molecular complexity index is 3870. The molecule has 0 amide bonds. The van der Waals surface area contributed by atoms with Crippen molar-refractivity contribution in [2.75, 3.05) is 0 Å². The zero-order valence-electron chi connectivity index (χ0n) is 40.9. The lowest BCUT2D eigenvalue weighted by Crippen LogP contribution is -1.90. The highest BCUT2D eigenvalue weighted by molar-refractivity contribution is 6.22. The predicted molar refractivity (Wildman–Crippen MR) is 225 cm³/mol. The smallest absolute Gasteiger partial charge is 0.143 e. The van der Waals surface area contributed by atoms with Crippen LogP contribution in [0.4, 0.5) is 0 Å². The molecule has 0 saturated heterocycles. The molecular formula is C52H32O. The van der Waals surface area contributed by atoms with Crippen LogP contribution in [0.15, 0.2) is 198 Å². The van der Waals surface area contributed by atoms with Gasteiger partial charge in [0.25, 0.3) is 0 Å². The minimum absolute atomic E-state index is 0.0845. The van der Waals surface area contributed by atoms with E-state index in [9.17, 15) is 5.48 Å². The summed E-state index contributed by atoms with van der Waals surface area (Å²) in [5.74, 6) is 0. The molecule has 53 heavy (non-hydrogen) atoms. The zero-order chi connectivity index (χ0) is 46.2. The molecule has 0 unspecified atom stereocenters. The van der Waals surface area contributed by atoms with Gasteiger partial charge in [-0.05, 0) is 106 Å². The molecule has 1 aromatic heterocycles. The van der Waals surface area contributed by atoms with Crippen LogP contribution in [0.25, 0.3) is 110 Å². The van der Waals surface area contributed by atoms with Gasteiger partial charge in [0.1, 0.15) is 11.2 Å². The van der Waals surface area contributed by atoms with Crippen molar-refractivity contribution >= 4 is 65.0 Å². The van der Waals surface area contributed by atoms with Gasteiger partial charge in [0.05, 0.1) is 17.8 Å². The molecule has 11 rings (SSSR count). The van der Waals surface area contributed by atoms with E-state index in [4.69, 9.17) is 16.8 Å². The number of benzene rings is 10. The summed E-state index contributed by atoms with van der Waals surface area (Å²) in [4.78, 5) is 0. The first-order valence-corrected chi connectivity index (χ1v) is 17.2. The molecule has 1 nitrogen and oxygen atoms in total. The van der Waals surface area contributed by atoms with Gasteiger partial charge in [-0.2, -0.15) is 0 Å². The molecule has 1 heterocycles. The first-order chi connectivity index (χ1) is 31.7. The van der Waals surface area contributed by atoms with Gasteiger partial charge in [0.2, 0.25) is 0 Å². The number of para-hydroxylation sites is 1. The third-order valence-electron chi connectivity index (χ3n) is 10.2. The Hall–Kier alpha value is -6.96. The molecule has 0 aliphatic rings. The average Bonchev–Trinajstić information content (AvgIpc) is 3.72. The number of hydrogen-bond acceptors (Lipinski definition) is 1. The van der Waals surface area contributed by atoms with E-state index in [1.807, 2.05) is 54.6 Å². The molecule has 1 heteroatoms. The third-order valence-corrected chi connectivity index (χ3v) is 10.2. The second-order valence-corrected chi connectivity index (χ2v) is 13.0. The van der Waals surface area contributed by atoms with E-state index in [0.717, 1.165) is 65.7 Å². The van der Waals surface area contributed by atoms with E-state index in [-0.39, 0.29) is 32.7 Å². The number of fused-ring (bicyclic) bond motifs is 7. The lowest BCUT2D eigenvalue weighted by Gasteiger charge is -2.18. The maximum absolute atomic E-state index is 9.28. The topological polar surface area (TPSA) is 13.1 Å². The van der Waals surface area contributed by atoms with Crippen LogP contribution in [-0.4, -0.2) is 0 Å². The van der Waals surface area contributed by atoms with Gasteiger partial charge < -0.3 is 4.42 Å². The third kappa shape index (κ3) is 4.71. The Labute approximate surface area is 325 Å². The molecule has 0 saturated carbocycles. The van der Waals surface area contributed by atoms with Gasteiger partial charge in [-0.25, -0.2) is 0 Å². The van der Waals surface area contributed by atoms with Crippen molar-refractivity contribution in [1.29, 1.82) is 0 Å². The normalized spacial score (nSPS) is 15.2. The van der Waals surface area contributed by atoms with Crippen LogP contribution in [0.5, 0.6) is 0 Å². The fourth-order valence-corrected chi connectivity index (χ4v) is 7.77. The highest BCUT2D eigenvalue weighted by atomic mass is 16.3. The predicted octanol–water partition coefficient (Wildman–Crippen LogP) is 14.9. The Kier molecular flexibility index (Phi) is 4.36. The standard InChI is InChI=1S/C52H32O/c1-2-13-34(14-3-1)50-42-17-6-8-19-44(42)51(45-20-9-7-18-43(45)50)39-27-26-35-30-36(24-25-37(35)31-39)38-28-29-49-48(32-38)47-23-11-22-46(52(47)53-49)41-21-10-15-33-12-4-5-16-40(33)41/h1-32H/i1D,2D,3D,6D,7D,8D,9D,13D,14D,17D,18D,19D,20D. The van der Waals surface area contributed by atoms with Crippen LogP contribution in [0.3, 0.4) is 0 Å². The zero-order valence-corrected chi connectivity index (χ0v) is 27.9. The van der Waals surface area contributed by atoms with Crippen LogP contribution < -0.4 is 0 Å². The minimum atomic E-state index is -0.712. The van der Waals surface area contributed by atoms with Crippen LogP contribution in [0, 0.1) is 0 Å². The first kappa shape index (κ1) is 19.6. The van der Waals surface area contributed by atoms with Crippen LogP contribution in [-0.2, 0) is 0 Å². The van der Waals surface area contributed by atoms with Crippen LogP contribution >= 0.6 is 0 Å². The monoisotopic (exact) mass is 685 g/mol. The van der Waals surface area contributed by atoms with E-state index >= 15 is 0 Å². The van der Waals surface area contributed by atoms with Crippen molar-refractivity contribution in [2.45, 2.75) is 0 Å². The summed E-state index contributed by atoms with van der Waals surface area (Å²) in [7, 11) is 0. The quantitative estimate of drug-likeness (QED) is 0.168. The summed E-state index contributed by atoms with van der Waals surface area (Å²) in [5.41, 5.74) is 5.19. The molecule has 0 fully saturated rings. The molecule has 0 radical (unpaired) electrons. The van der Waals surface area contributed by atoms with E-state index in [2.05, 4.69) is 48.5 Å². The molecule has 0 atom stereocenters. The Morgan fingerprint density at radius 1 is 0.340 bits per heavy atom. The van der Waals surface area contributed by atoms with Gasteiger partial charge in [0, 0.05) is 16.3 Å². The summed E-state index contributed by atoms with van der Waals surface area (Å²) >= 11 is 0. The molecule has 246 valence electrons. The van der Waals surface area contributed by atoms with Crippen molar-refractivity contribution in [3.63, 3.8) is 0 Å². The van der Waals surface area contributed by atoms with E-state index in [1.165, 1.54) is 0 Å². The van der Waals surface area contributed by atoms with Crippen molar-refractivity contribution in [3.8, 4) is 44.5 Å². The molecule has 0 aliphatic carbocycles. The highest BCUT2D eigenvalue weighted by Gasteiger charge is 2.18.